The Morgan fingerprint density at radius 2 is 1.85 bits per heavy atom. The summed E-state index contributed by atoms with van der Waals surface area (Å²) in [7, 11) is 0. The Hall–Kier alpha value is -0.970. The lowest BCUT2D eigenvalue weighted by molar-refractivity contribution is -0.132. The van der Waals surface area contributed by atoms with Crippen LogP contribution < -0.4 is 0 Å². The van der Waals surface area contributed by atoms with Gasteiger partial charge in [-0.05, 0) is 45.6 Å². The molecule has 0 fully saturated rings. The number of carbonyl (C=O) groups is 1. The number of esters is 1. The minimum atomic E-state index is -0.420. The molecular weight excluding hydrogens is 367 g/mol. The Kier molecular flexibility index (Phi) is 4.47. The minimum Gasteiger partial charge on any atom is -0.505 e. The number of ether oxygens (including phenoxy) is 1. The number of hydrogen-bond acceptors (Lipinski definition) is 3. The van der Waals surface area contributed by atoms with Gasteiger partial charge in [0, 0.05) is 5.57 Å². The molecule has 0 spiro atoms. The first-order valence-corrected chi connectivity index (χ1v) is 7.38. The molecule has 3 nitrogen and oxygen atoms in total. The van der Waals surface area contributed by atoms with Crippen LogP contribution in [0.3, 0.4) is 0 Å². The number of rotatable bonds is 2. The largest absolute Gasteiger partial charge is 0.505 e. The second kappa shape index (κ2) is 5.80. The van der Waals surface area contributed by atoms with Crippen molar-refractivity contribution in [1.29, 1.82) is 0 Å². The van der Waals surface area contributed by atoms with Gasteiger partial charge >= 0.3 is 5.97 Å². The average Bonchev–Trinajstić information content (AvgIpc) is 2.61. The molecule has 2 rings (SSSR count). The van der Waals surface area contributed by atoms with E-state index in [-0.39, 0.29) is 21.7 Å². The molecular formula is C14H11BrCl2O3. The van der Waals surface area contributed by atoms with Crippen molar-refractivity contribution in [2.45, 2.75) is 13.8 Å². The highest BCUT2D eigenvalue weighted by atomic mass is 79.9. The van der Waals surface area contributed by atoms with E-state index in [9.17, 15) is 9.90 Å². The lowest BCUT2D eigenvalue weighted by Gasteiger charge is -2.08. The van der Waals surface area contributed by atoms with Crippen LogP contribution in [0.5, 0.6) is 5.75 Å². The van der Waals surface area contributed by atoms with Gasteiger partial charge in [-0.25, -0.2) is 4.79 Å². The van der Waals surface area contributed by atoms with Gasteiger partial charge in [0.05, 0.1) is 10.0 Å². The summed E-state index contributed by atoms with van der Waals surface area (Å²) in [6, 6.07) is 3.10. The Morgan fingerprint density at radius 1 is 1.30 bits per heavy atom. The van der Waals surface area contributed by atoms with E-state index in [1.54, 1.807) is 18.2 Å². The molecule has 1 aromatic carbocycles. The van der Waals surface area contributed by atoms with Gasteiger partial charge in [0.15, 0.2) is 5.75 Å². The predicted octanol–water partition coefficient (Wildman–Crippen LogP) is 4.90. The van der Waals surface area contributed by atoms with Crippen LogP contribution in [0.4, 0.5) is 0 Å². The van der Waals surface area contributed by atoms with Gasteiger partial charge in [-0.2, -0.15) is 0 Å². The molecule has 0 bridgehead atoms. The molecule has 0 saturated heterocycles. The lowest BCUT2D eigenvalue weighted by atomic mass is 10.0. The molecule has 1 aromatic rings. The van der Waals surface area contributed by atoms with Crippen LogP contribution in [0.1, 0.15) is 19.4 Å². The van der Waals surface area contributed by atoms with E-state index in [0.717, 1.165) is 5.57 Å². The normalized spacial score (nSPS) is 17.3. The van der Waals surface area contributed by atoms with E-state index in [1.165, 1.54) is 0 Å². The molecule has 0 saturated carbocycles. The van der Waals surface area contributed by atoms with Crippen molar-refractivity contribution in [3.63, 3.8) is 0 Å². The molecule has 20 heavy (non-hydrogen) atoms. The van der Waals surface area contributed by atoms with Crippen molar-refractivity contribution >= 4 is 51.2 Å². The molecule has 6 heteroatoms. The van der Waals surface area contributed by atoms with Crippen LogP contribution >= 0.6 is 39.1 Å². The van der Waals surface area contributed by atoms with Crippen molar-refractivity contribution in [2.24, 2.45) is 5.92 Å². The Morgan fingerprint density at radius 3 is 2.35 bits per heavy atom. The summed E-state index contributed by atoms with van der Waals surface area (Å²) in [6.07, 6.45) is 1.67. The maximum absolute atomic E-state index is 11.6. The van der Waals surface area contributed by atoms with Crippen LogP contribution in [0.15, 0.2) is 27.9 Å². The first kappa shape index (κ1) is 15.4. The number of cyclic esters (lactones) is 1. The van der Waals surface area contributed by atoms with Crippen molar-refractivity contribution in [3.8, 4) is 5.75 Å². The van der Waals surface area contributed by atoms with E-state index in [2.05, 4.69) is 15.9 Å². The Bertz CT molecular complexity index is 625. The van der Waals surface area contributed by atoms with Gasteiger partial charge in [-0.3, -0.25) is 0 Å². The summed E-state index contributed by atoms with van der Waals surface area (Å²) in [6.45, 7) is 3.92. The third-order valence-electron chi connectivity index (χ3n) is 2.80. The first-order valence-electron chi connectivity index (χ1n) is 5.83. The molecule has 0 unspecified atom stereocenters. The standard InChI is InChI=1S/C14H11BrCl2O3/c1-6(2)11-10(20-14(19)12(11)15)5-7-3-8(16)13(18)9(17)4-7/h3-6,18H,1-2H3/b10-5-. The summed E-state index contributed by atoms with van der Waals surface area (Å²) >= 11 is 15.0. The molecule has 106 valence electrons. The highest BCUT2D eigenvalue weighted by Crippen LogP contribution is 2.38. The number of phenolic OH excluding ortho intramolecular Hbond substituents is 1. The second-order valence-electron chi connectivity index (χ2n) is 4.61. The number of benzene rings is 1. The van der Waals surface area contributed by atoms with Gasteiger partial charge < -0.3 is 9.84 Å². The zero-order chi connectivity index (χ0) is 15.0. The molecule has 0 radical (unpaired) electrons. The number of allylic oxidation sites excluding steroid dienone is 1. The summed E-state index contributed by atoms with van der Waals surface area (Å²) in [5, 5.41) is 9.81. The maximum atomic E-state index is 11.6. The Balaban J connectivity index is 2.49. The summed E-state index contributed by atoms with van der Waals surface area (Å²) in [5.74, 6) is -0.0181. The van der Waals surface area contributed by atoms with Crippen LogP contribution in [-0.2, 0) is 9.53 Å². The van der Waals surface area contributed by atoms with Gasteiger partial charge in [-0.15, -0.1) is 0 Å². The number of hydrogen-bond donors (Lipinski definition) is 1. The van der Waals surface area contributed by atoms with E-state index in [1.807, 2.05) is 13.8 Å². The number of halogens is 3. The van der Waals surface area contributed by atoms with Crippen molar-refractivity contribution < 1.29 is 14.6 Å². The number of carbonyl (C=O) groups excluding carboxylic acids is 1. The van der Waals surface area contributed by atoms with Crippen molar-refractivity contribution in [2.75, 3.05) is 0 Å². The van der Waals surface area contributed by atoms with Crippen LogP contribution in [0, 0.1) is 5.92 Å². The maximum Gasteiger partial charge on any atom is 0.351 e. The summed E-state index contributed by atoms with van der Waals surface area (Å²) < 4.78 is 5.64. The van der Waals surface area contributed by atoms with Gasteiger partial charge in [0.1, 0.15) is 10.2 Å². The molecule has 1 heterocycles. The average molecular weight is 378 g/mol. The van der Waals surface area contributed by atoms with E-state index in [0.29, 0.717) is 15.8 Å². The monoisotopic (exact) mass is 376 g/mol. The predicted molar refractivity (Wildman–Crippen MR) is 83.0 cm³/mol. The van der Waals surface area contributed by atoms with Gasteiger partial charge in [-0.1, -0.05) is 37.0 Å². The molecule has 1 aliphatic rings. The number of phenols is 1. The van der Waals surface area contributed by atoms with Crippen LogP contribution in [-0.4, -0.2) is 11.1 Å². The van der Waals surface area contributed by atoms with Gasteiger partial charge in [0.2, 0.25) is 0 Å². The molecule has 0 aliphatic carbocycles. The highest BCUT2D eigenvalue weighted by Gasteiger charge is 2.29. The van der Waals surface area contributed by atoms with Crippen LogP contribution in [0.25, 0.3) is 6.08 Å². The first-order chi connectivity index (χ1) is 9.31. The summed E-state index contributed by atoms with van der Waals surface area (Å²) in [4.78, 5) is 11.6. The van der Waals surface area contributed by atoms with Gasteiger partial charge in [0.25, 0.3) is 0 Å². The number of aromatic hydroxyl groups is 1. The summed E-state index contributed by atoms with van der Waals surface area (Å²) in [5.41, 5.74) is 1.43. The van der Waals surface area contributed by atoms with E-state index < -0.39 is 5.97 Å². The zero-order valence-corrected chi connectivity index (χ0v) is 13.8. The highest BCUT2D eigenvalue weighted by molar-refractivity contribution is 9.12. The topological polar surface area (TPSA) is 46.5 Å². The third-order valence-corrected chi connectivity index (χ3v) is 4.13. The molecule has 1 aliphatic heterocycles. The molecule has 0 amide bonds. The molecule has 0 aromatic heterocycles. The van der Waals surface area contributed by atoms with Crippen molar-refractivity contribution in [1.82, 2.24) is 0 Å². The quantitative estimate of drug-likeness (QED) is 0.745. The second-order valence-corrected chi connectivity index (χ2v) is 6.22. The third kappa shape index (κ3) is 2.87. The van der Waals surface area contributed by atoms with E-state index in [4.69, 9.17) is 27.9 Å². The van der Waals surface area contributed by atoms with Crippen molar-refractivity contribution in [3.05, 3.63) is 43.6 Å². The fraction of sp³-hybridized carbons (Fsp3) is 0.214. The Labute approximate surface area is 135 Å². The molecule has 0 atom stereocenters. The van der Waals surface area contributed by atoms with E-state index >= 15 is 0 Å². The fourth-order valence-electron chi connectivity index (χ4n) is 1.88. The zero-order valence-electron chi connectivity index (χ0n) is 10.7. The lowest BCUT2D eigenvalue weighted by Crippen LogP contribution is -1.95. The SMILES string of the molecule is CC(C)C1=C(Br)C(=O)O/C1=C\c1cc(Cl)c(O)c(Cl)c1. The smallest absolute Gasteiger partial charge is 0.351 e. The minimum absolute atomic E-state index is 0.116. The van der Waals surface area contributed by atoms with Crippen LogP contribution in [0.2, 0.25) is 10.0 Å². The fourth-order valence-corrected chi connectivity index (χ4v) is 3.12. The molecule has 1 N–H and O–H groups in total.